The first-order chi connectivity index (χ1) is 9.10. The van der Waals surface area contributed by atoms with E-state index in [1.54, 1.807) is 11.3 Å². The van der Waals surface area contributed by atoms with Crippen LogP contribution in [0.3, 0.4) is 0 Å². The third-order valence-corrected chi connectivity index (χ3v) is 3.97. The van der Waals surface area contributed by atoms with Gasteiger partial charge in [0.25, 0.3) is 0 Å². The molecule has 2 nitrogen and oxygen atoms in total. The molecule has 1 aromatic carbocycles. The Balaban J connectivity index is 2.37. The molecule has 0 atom stereocenters. The first-order valence-electron chi connectivity index (χ1n) is 6.43. The van der Waals surface area contributed by atoms with Gasteiger partial charge in [-0.3, -0.25) is 0 Å². The lowest BCUT2D eigenvalue weighted by Crippen LogP contribution is -2.22. The summed E-state index contributed by atoms with van der Waals surface area (Å²) in [7, 11) is 0. The molecular weight excluding hydrogens is 252 g/mol. The van der Waals surface area contributed by atoms with Crippen LogP contribution in [-0.4, -0.2) is 6.04 Å². The lowest BCUT2D eigenvalue weighted by Gasteiger charge is -2.12. The monoisotopic (exact) mass is 270 g/mol. The van der Waals surface area contributed by atoms with Crippen LogP contribution in [0.1, 0.15) is 29.9 Å². The standard InChI is InChI=1S/C16H18N2S/c1-11(2)18-10-13-5-4-12(3)8-15(13)16-7-6-14(9-17)19-16/h4-8,11,18H,10H2,1-3H3. The lowest BCUT2D eigenvalue weighted by molar-refractivity contribution is 0.589. The Kier molecular flexibility index (Phi) is 4.36. The van der Waals surface area contributed by atoms with Crippen molar-refractivity contribution in [2.24, 2.45) is 0 Å². The molecule has 98 valence electrons. The Labute approximate surface area is 118 Å². The number of benzene rings is 1. The quantitative estimate of drug-likeness (QED) is 0.908. The second-order valence-corrected chi connectivity index (χ2v) is 6.06. The summed E-state index contributed by atoms with van der Waals surface area (Å²) >= 11 is 1.55. The molecular formula is C16H18N2S. The SMILES string of the molecule is Cc1ccc(CNC(C)C)c(-c2ccc(C#N)s2)c1. The zero-order chi connectivity index (χ0) is 13.8. The molecule has 0 aliphatic rings. The molecule has 0 spiro atoms. The van der Waals surface area contributed by atoms with E-state index in [1.165, 1.54) is 21.6 Å². The van der Waals surface area contributed by atoms with Gasteiger partial charge in [-0.15, -0.1) is 11.3 Å². The molecule has 2 rings (SSSR count). The number of nitrogens with one attached hydrogen (secondary N) is 1. The number of rotatable bonds is 4. The van der Waals surface area contributed by atoms with Crippen LogP contribution >= 0.6 is 11.3 Å². The molecule has 0 aliphatic heterocycles. The molecule has 3 heteroatoms. The fraction of sp³-hybridized carbons (Fsp3) is 0.312. The van der Waals surface area contributed by atoms with Crippen LogP contribution in [0.5, 0.6) is 0 Å². The maximum absolute atomic E-state index is 8.95. The molecule has 0 aliphatic carbocycles. The van der Waals surface area contributed by atoms with Gasteiger partial charge in [-0.25, -0.2) is 0 Å². The molecule has 0 unspecified atom stereocenters. The molecule has 1 heterocycles. The van der Waals surface area contributed by atoms with Crippen molar-refractivity contribution >= 4 is 11.3 Å². The first-order valence-corrected chi connectivity index (χ1v) is 7.25. The molecule has 0 saturated carbocycles. The minimum atomic E-state index is 0.465. The van der Waals surface area contributed by atoms with E-state index in [9.17, 15) is 0 Å². The molecule has 1 aromatic heterocycles. The highest BCUT2D eigenvalue weighted by Gasteiger charge is 2.09. The summed E-state index contributed by atoms with van der Waals surface area (Å²) in [6.45, 7) is 7.24. The van der Waals surface area contributed by atoms with Crippen LogP contribution in [0, 0.1) is 18.3 Å². The van der Waals surface area contributed by atoms with Crippen molar-refractivity contribution < 1.29 is 0 Å². The van der Waals surface area contributed by atoms with Gasteiger partial charge in [-0.2, -0.15) is 5.26 Å². The van der Waals surface area contributed by atoms with Crippen LogP contribution in [0.15, 0.2) is 30.3 Å². The first kappa shape index (κ1) is 13.8. The van der Waals surface area contributed by atoms with Gasteiger partial charge in [0.1, 0.15) is 10.9 Å². The summed E-state index contributed by atoms with van der Waals surface area (Å²) in [5.41, 5.74) is 3.76. The normalized spacial score (nSPS) is 10.7. The van der Waals surface area contributed by atoms with Crippen molar-refractivity contribution in [2.75, 3.05) is 0 Å². The topological polar surface area (TPSA) is 35.8 Å². The highest BCUT2D eigenvalue weighted by Crippen LogP contribution is 2.31. The van der Waals surface area contributed by atoms with Crippen LogP contribution in [-0.2, 0) is 6.54 Å². The predicted molar refractivity (Wildman–Crippen MR) is 81.2 cm³/mol. The van der Waals surface area contributed by atoms with Crippen molar-refractivity contribution in [3.8, 4) is 16.5 Å². The van der Waals surface area contributed by atoms with E-state index in [-0.39, 0.29) is 0 Å². The van der Waals surface area contributed by atoms with Crippen molar-refractivity contribution in [3.05, 3.63) is 46.3 Å². The Hall–Kier alpha value is -1.63. The maximum atomic E-state index is 8.95. The Morgan fingerprint density at radius 1 is 1.26 bits per heavy atom. The Bertz CT molecular complexity index is 605. The van der Waals surface area contributed by atoms with Gasteiger partial charge in [0.2, 0.25) is 0 Å². The largest absolute Gasteiger partial charge is 0.310 e. The number of nitrogens with zero attached hydrogens (tertiary/aromatic N) is 1. The minimum absolute atomic E-state index is 0.465. The number of thiophene rings is 1. The molecule has 0 radical (unpaired) electrons. The molecule has 0 amide bonds. The van der Waals surface area contributed by atoms with Gasteiger partial charge in [0.05, 0.1) is 0 Å². The molecule has 2 aromatic rings. The van der Waals surface area contributed by atoms with Gasteiger partial charge < -0.3 is 5.32 Å². The van der Waals surface area contributed by atoms with Crippen molar-refractivity contribution in [2.45, 2.75) is 33.4 Å². The summed E-state index contributed by atoms with van der Waals surface area (Å²) in [5, 5.41) is 12.4. The molecule has 19 heavy (non-hydrogen) atoms. The minimum Gasteiger partial charge on any atom is -0.310 e. The zero-order valence-electron chi connectivity index (χ0n) is 11.5. The fourth-order valence-electron chi connectivity index (χ4n) is 1.93. The van der Waals surface area contributed by atoms with E-state index in [2.05, 4.69) is 50.4 Å². The predicted octanol–water partition coefficient (Wildman–Crippen LogP) is 4.09. The van der Waals surface area contributed by atoms with Crippen molar-refractivity contribution in [1.29, 1.82) is 5.26 Å². The third kappa shape index (κ3) is 3.44. The van der Waals surface area contributed by atoms with Crippen LogP contribution in [0.25, 0.3) is 10.4 Å². The second-order valence-electron chi connectivity index (χ2n) is 4.97. The number of aryl methyl sites for hydroxylation is 1. The average Bonchev–Trinajstić information content (AvgIpc) is 2.85. The van der Waals surface area contributed by atoms with E-state index >= 15 is 0 Å². The van der Waals surface area contributed by atoms with E-state index < -0.39 is 0 Å². The van der Waals surface area contributed by atoms with Gasteiger partial charge in [0, 0.05) is 17.5 Å². The van der Waals surface area contributed by atoms with Crippen molar-refractivity contribution in [3.63, 3.8) is 0 Å². The zero-order valence-corrected chi connectivity index (χ0v) is 12.3. The smallest absolute Gasteiger partial charge is 0.110 e. The van der Waals surface area contributed by atoms with Crippen molar-refractivity contribution in [1.82, 2.24) is 5.32 Å². The Morgan fingerprint density at radius 2 is 2.05 bits per heavy atom. The number of hydrogen-bond donors (Lipinski definition) is 1. The summed E-state index contributed by atoms with van der Waals surface area (Å²) in [5.74, 6) is 0. The highest BCUT2D eigenvalue weighted by molar-refractivity contribution is 7.16. The summed E-state index contributed by atoms with van der Waals surface area (Å²) in [6, 6.07) is 13.1. The van der Waals surface area contributed by atoms with Crippen LogP contribution in [0.2, 0.25) is 0 Å². The van der Waals surface area contributed by atoms with Gasteiger partial charge in [-0.1, -0.05) is 37.6 Å². The summed E-state index contributed by atoms with van der Waals surface area (Å²) in [6.07, 6.45) is 0. The number of hydrogen-bond acceptors (Lipinski definition) is 3. The van der Waals surface area contributed by atoms with E-state index in [4.69, 9.17) is 5.26 Å². The van der Waals surface area contributed by atoms with Crippen LogP contribution < -0.4 is 5.32 Å². The highest BCUT2D eigenvalue weighted by atomic mass is 32.1. The second kappa shape index (κ2) is 6.01. The summed E-state index contributed by atoms with van der Waals surface area (Å²) < 4.78 is 0. The lowest BCUT2D eigenvalue weighted by atomic mass is 10.0. The molecule has 0 bridgehead atoms. The average molecular weight is 270 g/mol. The van der Waals surface area contributed by atoms with E-state index in [0.717, 1.165) is 11.4 Å². The van der Waals surface area contributed by atoms with E-state index in [0.29, 0.717) is 6.04 Å². The molecule has 0 fully saturated rings. The fourth-order valence-corrected chi connectivity index (χ4v) is 2.79. The third-order valence-electron chi connectivity index (χ3n) is 2.95. The molecule has 1 N–H and O–H groups in total. The van der Waals surface area contributed by atoms with E-state index in [1.807, 2.05) is 12.1 Å². The molecule has 0 saturated heterocycles. The van der Waals surface area contributed by atoms with Gasteiger partial charge in [0.15, 0.2) is 0 Å². The maximum Gasteiger partial charge on any atom is 0.110 e. The van der Waals surface area contributed by atoms with Gasteiger partial charge in [-0.05, 0) is 30.2 Å². The Morgan fingerprint density at radius 3 is 2.68 bits per heavy atom. The van der Waals surface area contributed by atoms with Gasteiger partial charge >= 0.3 is 0 Å². The summed E-state index contributed by atoms with van der Waals surface area (Å²) in [4.78, 5) is 1.93. The van der Waals surface area contributed by atoms with Crippen LogP contribution in [0.4, 0.5) is 0 Å². The number of nitriles is 1.